The van der Waals surface area contributed by atoms with Gasteiger partial charge >= 0.3 is 0 Å². The number of benzene rings is 1. The van der Waals surface area contributed by atoms with Crippen LogP contribution in [0.4, 0.5) is 0 Å². The second kappa shape index (κ2) is 6.29. The van der Waals surface area contributed by atoms with Crippen molar-refractivity contribution in [3.05, 3.63) is 41.7 Å². The molecule has 0 amide bonds. The molecular weight excluding hydrogens is 344 g/mol. The molecule has 1 aromatic carbocycles. The van der Waals surface area contributed by atoms with Gasteiger partial charge in [0.1, 0.15) is 0 Å². The molecular formula is C17H14N2O5S. The van der Waals surface area contributed by atoms with Crippen LogP contribution in [0.1, 0.15) is 15.9 Å². The molecule has 0 saturated carbocycles. The van der Waals surface area contributed by atoms with E-state index in [4.69, 9.17) is 18.3 Å². The zero-order valence-corrected chi connectivity index (χ0v) is 14.3. The highest BCUT2D eigenvalue weighted by molar-refractivity contribution is 8.00. The van der Waals surface area contributed by atoms with E-state index in [9.17, 15) is 4.79 Å². The number of carbonyl (C=O) groups excluding carboxylic acids is 1. The van der Waals surface area contributed by atoms with Crippen molar-refractivity contribution in [2.75, 3.05) is 14.2 Å². The van der Waals surface area contributed by atoms with Gasteiger partial charge in [0, 0.05) is 5.56 Å². The van der Waals surface area contributed by atoms with E-state index < -0.39 is 0 Å². The van der Waals surface area contributed by atoms with Crippen LogP contribution in [-0.2, 0) is 6.42 Å². The Kier molecular flexibility index (Phi) is 3.96. The van der Waals surface area contributed by atoms with E-state index in [1.165, 1.54) is 18.0 Å². The van der Waals surface area contributed by atoms with Gasteiger partial charge in [0.25, 0.3) is 11.1 Å². The molecule has 0 fully saturated rings. The fourth-order valence-electron chi connectivity index (χ4n) is 2.76. The Hall–Kier alpha value is -2.74. The van der Waals surface area contributed by atoms with Gasteiger partial charge in [-0.25, -0.2) is 0 Å². The molecule has 0 N–H and O–H groups in total. The third kappa shape index (κ3) is 2.78. The third-order valence-electron chi connectivity index (χ3n) is 3.95. The van der Waals surface area contributed by atoms with Crippen molar-refractivity contribution in [2.45, 2.75) is 16.9 Å². The van der Waals surface area contributed by atoms with Crippen molar-refractivity contribution < 1.29 is 23.1 Å². The summed E-state index contributed by atoms with van der Waals surface area (Å²) in [4.78, 5) is 12.7. The fraction of sp³-hybridized carbons (Fsp3) is 0.235. The lowest BCUT2D eigenvalue weighted by molar-refractivity contribution is 0.0999. The smallest absolute Gasteiger partial charge is 0.284 e. The van der Waals surface area contributed by atoms with Crippen LogP contribution in [0, 0.1) is 0 Å². The Morgan fingerprint density at radius 1 is 1.20 bits per heavy atom. The van der Waals surface area contributed by atoms with E-state index in [-0.39, 0.29) is 11.0 Å². The van der Waals surface area contributed by atoms with Crippen molar-refractivity contribution in [2.24, 2.45) is 0 Å². The normalized spacial score (nSPS) is 16.1. The standard InChI is InChI=1S/C17H14N2O5S/c1-21-12-6-9-7-14(15(20)10(9)8-13(12)22-2)25-17-19-18-16(24-17)11-4-3-5-23-11/h3-6,8,14H,7H2,1-2H3. The lowest BCUT2D eigenvalue weighted by Gasteiger charge is -2.09. The van der Waals surface area contributed by atoms with Crippen LogP contribution >= 0.6 is 11.8 Å². The lowest BCUT2D eigenvalue weighted by atomic mass is 10.1. The van der Waals surface area contributed by atoms with Gasteiger partial charge in [0.05, 0.1) is 25.7 Å². The number of nitrogens with zero attached hydrogens (tertiary/aromatic N) is 2. The van der Waals surface area contributed by atoms with E-state index in [1.807, 2.05) is 6.07 Å². The number of Topliss-reactive ketones (excluding diaryl/α,β-unsaturated/α-hetero) is 1. The summed E-state index contributed by atoms with van der Waals surface area (Å²) in [5, 5.41) is 7.94. The number of furan rings is 1. The molecule has 1 unspecified atom stereocenters. The first kappa shape index (κ1) is 15.8. The number of carbonyl (C=O) groups is 1. The Morgan fingerprint density at radius 3 is 2.72 bits per heavy atom. The molecule has 8 heteroatoms. The number of methoxy groups -OCH3 is 2. The quantitative estimate of drug-likeness (QED) is 0.687. The highest BCUT2D eigenvalue weighted by Gasteiger charge is 2.34. The molecule has 4 rings (SSSR count). The maximum Gasteiger partial charge on any atom is 0.284 e. The van der Waals surface area contributed by atoms with E-state index in [0.717, 1.165) is 5.56 Å². The van der Waals surface area contributed by atoms with Gasteiger partial charge in [-0.3, -0.25) is 4.79 Å². The monoisotopic (exact) mass is 358 g/mol. The van der Waals surface area contributed by atoms with E-state index in [0.29, 0.717) is 40.4 Å². The number of aromatic nitrogens is 2. The highest BCUT2D eigenvalue weighted by atomic mass is 32.2. The first-order chi connectivity index (χ1) is 12.2. The van der Waals surface area contributed by atoms with Gasteiger partial charge in [-0.05, 0) is 36.2 Å². The molecule has 1 aliphatic carbocycles. The van der Waals surface area contributed by atoms with Crippen LogP contribution in [0.25, 0.3) is 11.7 Å². The summed E-state index contributed by atoms with van der Waals surface area (Å²) < 4.78 is 21.4. The molecule has 2 heterocycles. The Labute approximate surface area is 147 Å². The average molecular weight is 358 g/mol. The van der Waals surface area contributed by atoms with Gasteiger partial charge in [0.15, 0.2) is 23.0 Å². The molecule has 7 nitrogen and oxygen atoms in total. The van der Waals surface area contributed by atoms with Crippen LogP contribution in [0.15, 0.2) is 44.6 Å². The summed E-state index contributed by atoms with van der Waals surface area (Å²) in [6, 6.07) is 7.04. The summed E-state index contributed by atoms with van der Waals surface area (Å²) in [6.07, 6.45) is 2.10. The molecule has 0 radical (unpaired) electrons. The second-order valence-electron chi connectivity index (χ2n) is 5.39. The zero-order chi connectivity index (χ0) is 17.4. The van der Waals surface area contributed by atoms with Gasteiger partial charge in [0.2, 0.25) is 0 Å². The second-order valence-corrected chi connectivity index (χ2v) is 6.54. The summed E-state index contributed by atoms with van der Waals surface area (Å²) >= 11 is 1.25. The summed E-state index contributed by atoms with van der Waals surface area (Å²) in [6.45, 7) is 0. The van der Waals surface area contributed by atoms with Crippen LogP contribution in [0.3, 0.4) is 0 Å². The van der Waals surface area contributed by atoms with Crippen molar-refractivity contribution in [1.82, 2.24) is 10.2 Å². The van der Waals surface area contributed by atoms with Gasteiger partial charge in [-0.1, -0.05) is 11.8 Å². The van der Waals surface area contributed by atoms with Crippen molar-refractivity contribution >= 4 is 17.5 Å². The number of rotatable bonds is 5. The van der Waals surface area contributed by atoms with Crippen molar-refractivity contribution in [3.8, 4) is 23.1 Å². The number of fused-ring (bicyclic) bond motifs is 1. The minimum absolute atomic E-state index is 0.0127. The van der Waals surface area contributed by atoms with Gasteiger partial charge in [-0.2, -0.15) is 0 Å². The number of thioether (sulfide) groups is 1. The molecule has 0 aliphatic heterocycles. The fourth-order valence-corrected chi connectivity index (χ4v) is 3.71. The minimum Gasteiger partial charge on any atom is -0.493 e. The summed E-state index contributed by atoms with van der Waals surface area (Å²) in [5.74, 6) is 1.95. The SMILES string of the molecule is COc1cc2c(cc1OC)C(=O)C(Sc1nnc(-c3ccco3)o1)C2. The highest BCUT2D eigenvalue weighted by Crippen LogP contribution is 2.39. The van der Waals surface area contributed by atoms with Crippen molar-refractivity contribution in [3.63, 3.8) is 0 Å². The minimum atomic E-state index is -0.322. The number of hydrogen-bond donors (Lipinski definition) is 0. The first-order valence-corrected chi connectivity index (χ1v) is 8.40. The number of ether oxygens (including phenoxy) is 2. The number of hydrogen-bond acceptors (Lipinski definition) is 8. The number of ketones is 1. The maximum atomic E-state index is 12.7. The molecule has 2 aromatic heterocycles. The van der Waals surface area contributed by atoms with E-state index >= 15 is 0 Å². The van der Waals surface area contributed by atoms with E-state index in [2.05, 4.69) is 10.2 Å². The Balaban J connectivity index is 1.56. The predicted molar refractivity (Wildman–Crippen MR) is 89.2 cm³/mol. The Bertz CT molecular complexity index is 919. The Morgan fingerprint density at radius 2 is 2.00 bits per heavy atom. The average Bonchev–Trinajstić information content (AvgIpc) is 3.35. The zero-order valence-electron chi connectivity index (χ0n) is 13.5. The summed E-state index contributed by atoms with van der Waals surface area (Å²) in [5.41, 5.74) is 1.56. The molecule has 128 valence electrons. The molecule has 1 aliphatic rings. The molecule has 0 spiro atoms. The summed E-state index contributed by atoms with van der Waals surface area (Å²) in [7, 11) is 3.12. The van der Waals surface area contributed by atoms with Crippen LogP contribution in [0.2, 0.25) is 0 Å². The molecule has 0 saturated heterocycles. The lowest BCUT2D eigenvalue weighted by Crippen LogP contribution is -2.11. The largest absolute Gasteiger partial charge is 0.493 e. The predicted octanol–water partition coefficient (Wildman–Crippen LogP) is 3.25. The van der Waals surface area contributed by atoms with Crippen molar-refractivity contribution in [1.29, 1.82) is 0 Å². The molecule has 25 heavy (non-hydrogen) atoms. The van der Waals surface area contributed by atoms with Crippen LogP contribution in [-0.4, -0.2) is 35.5 Å². The maximum absolute atomic E-state index is 12.7. The molecule has 3 aromatic rings. The first-order valence-electron chi connectivity index (χ1n) is 7.52. The van der Waals surface area contributed by atoms with E-state index in [1.54, 1.807) is 32.4 Å². The van der Waals surface area contributed by atoms with Crippen LogP contribution < -0.4 is 9.47 Å². The molecule has 1 atom stereocenters. The topological polar surface area (TPSA) is 87.6 Å². The van der Waals surface area contributed by atoms with Crippen LogP contribution in [0.5, 0.6) is 11.5 Å². The third-order valence-corrected chi connectivity index (χ3v) is 4.99. The van der Waals surface area contributed by atoms with Gasteiger partial charge in [-0.15, -0.1) is 10.2 Å². The van der Waals surface area contributed by atoms with Gasteiger partial charge < -0.3 is 18.3 Å². The molecule has 0 bridgehead atoms.